The average molecular weight is 331 g/mol. The van der Waals surface area contributed by atoms with Gasteiger partial charge in [0.05, 0.1) is 11.3 Å². The molecule has 7 heteroatoms. The van der Waals surface area contributed by atoms with Crippen LogP contribution in [0.4, 0.5) is 0 Å². The van der Waals surface area contributed by atoms with Crippen LogP contribution in [0.25, 0.3) is 0 Å². The summed E-state index contributed by atoms with van der Waals surface area (Å²) in [7, 11) is -3.45. The van der Waals surface area contributed by atoms with Crippen LogP contribution < -0.4 is 5.14 Å². The zero-order valence-corrected chi connectivity index (χ0v) is 14.7. The van der Waals surface area contributed by atoms with Crippen molar-refractivity contribution in [1.29, 1.82) is 0 Å². The molecule has 0 spiro atoms. The van der Waals surface area contributed by atoms with Gasteiger partial charge in [0, 0.05) is 26.2 Å². The van der Waals surface area contributed by atoms with Crippen molar-refractivity contribution >= 4 is 15.9 Å². The third-order valence-electron chi connectivity index (χ3n) is 4.55. The second-order valence-corrected chi connectivity index (χ2v) is 9.65. The molecule has 2 N–H and O–H groups in total. The summed E-state index contributed by atoms with van der Waals surface area (Å²) in [5, 5.41) is 4.78. The van der Waals surface area contributed by atoms with E-state index in [0.29, 0.717) is 25.9 Å². The number of likely N-dealkylation sites (tertiary alicyclic amines) is 2. The minimum atomic E-state index is -3.45. The van der Waals surface area contributed by atoms with Crippen molar-refractivity contribution in [2.45, 2.75) is 57.7 Å². The molecule has 1 atom stereocenters. The molecule has 2 fully saturated rings. The van der Waals surface area contributed by atoms with Crippen LogP contribution in [0.5, 0.6) is 0 Å². The summed E-state index contributed by atoms with van der Waals surface area (Å²) in [5.74, 6) is 0.204. The first kappa shape index (κ1) is 17.7. The van der Waals surface area contributed by atoms with E-state index in [1.807, 2.05) is 4.90 Å². The van der Waals surface area contributed by atoms with Gasteiger partial charge in [0.1, 0.15) is 0 Å². The molecule has 0 aromatic rings. The Hall–Kier alpha value is -0.660. The number of nitrogens with two attached hydrogens (primary N) is 1. The Labute approximate surface area is 134 Å². The molecule has 1 amide bonds. The van der Waals surface area contributed by atoms with Crippen LogP contribution in [0.2, 0.25) is 0 Å². The van der Waals surface area contributed by atoms with Crippen molar-refractivity contribution < 1.29 is 13.2 Å². The highest BCUT2D eigenvalue weighted by molar-refractivity contribution is 7.89. The van der Waals surface area contributed by atoms with E-state index in [1.165, 1.54) is 0 Å². The molecular weight excluding hydrogens is 302 g/mol. The molecule has 0 radical (unpaired) electrons. The fourth-order valence-corrected chi connectivity index (χ4v) is 4.37. The van der Waals surface area contributed by atoms with Crippen LogP contribution in [0.3, 0.4) is 0 Å². The van der Waals surface area contributed by atoms with Gasteiger partial charge < -0.3 is 4.90 Å². The molecule has 0 aromatic heterocycles. The lowest BCUT2D eigenvalue weighted by Crippen LogP contribution is -2.56. The van der Waals surface area contributed by atoms with E-state index in [1.54, 1.807) is 0 Å². The smallest absolute Gasteiger partial charge is 0.239 e. The first-order valence-corrected chi connectivity index (χ1v) is 9.73. The SMILES string of the molecule is CC(C)(C)CN1CCCC(N2CCC(S(N)(=O)=O)CC2)C1=O. The van der Waals surface area contributed by atoms with E-state index in [9.17, 15) is 13.2 Å². The van der Waals surface area contributed by atoms with Crippen LogP contribution >= 0.6 is 0 Å². The maximum atomic E-state index is 12.7. The van der Waals surface area contributed by atoms with E-state index >= 15 is 0 Å². The Bertz CT molecular complexity index is 505. The van der Waals surface area contributed by atoms with Gasteiger partial charge >= 0.3 is 0 Å². The summed E-state index contributed by atoms with van der Waals surface area (Å²) in [4.78, 5) is 16.8. The number of carbonyl (C=O) groups excluding carboxylic acids is 1. The van der Waals surface area contributed by atoms with Crippen molar-refractivity contribution in [2.75, 3.05) is 26.2 Å². The topological polar surface area (TPSA) is 83.7 Å². The van der Waals surface area contributed by atoms with E-state index < -0.39 is 15.3 Å². The van der Waals surface area contributed by atoms with E-state index in [2.05, 4.69) is 25.7 Å². The molecule has 0 aliphatic carbocycles. The molecule has 1 unspecified atom stereocenters. The van der Waals surface area contributed by atoms with Gasteiger partial charge in [-0.2, -0.15) is 0 Å². The number of sulfonamides is 1. The third kappa shape index (κ3) is 4.43. The predicted molar refractivity (Wildman–Crippen MR) is 86.8 cm³/mol. The lowest BCUT2D eigenvalue weighted by molar-refractivity contribution is -0.142. The van der Waals surface area contributed by atoms with Gasteiger partial charge in [-0.25, -0.2) is 13.6 Å². The molecule has 2 aliphatic rings. The predicted octanol–water partition coefficient (Wildman–Crippen LogP) is 0.776. The first-order valence-electron chi connectivity index (χ1n) is 8.12. The second kappa shape index (κ2) is 6.45. The second-order valence-electron chi connectivity index (χ2n) is 7.80. The van der Waals surface area contributed by atoms with Crippen molar-refractivity contribution in [3.8, 4) is 0 Å². The zero-order valence-electron chi connectivity index (χ0n) is 13.9. The number of hydrogen-bond acceptors (Lipinski definition) is 4. The van der Waals surface area contributed by atoms with Crippen molar-refractivity contribution in [3.05, 3.63) is 0 Å². The first-order chi connectivity index (χ1) is 10.1. The van der Waals surface area contributed by atoms with Crippen LogP contribution in [0.15, 0.2) is 0 Å². The van der Waals surface area contributed by atoms with E-state index in [4.69, 9.17) is 5.14 Å². The van der Waals surface area contributed by atoms with E-state index in [-0.39, 0.29) is 17.4 Å². The number of piperidine rings is 2. The third-order valence-corrected chi connectivity index (χ3v) is 5.95. The summed E-state index contributed by atoms with van der Waals surface area (Å²) in [6.45, 7) is 9.31. The van der Waals surface area contributed by atoms with Gasteiger partial charge in [-0.1, -0.05) is 20.8 Å². The Morgan fingerprint density at radius 3 is 2.23 bits per heavy atom. The van der Waals surface area contributed by atoms with Crippen molar-refractivity contribution in [2.24, 2.45) is 10.6 Å². The Morgan fingerprint density at radius 2 is 1.73 bits per heavy atom. The quantitative estimate of drug-likeness (QED) is 0.828. The largest absolute Gasteiger partial charge is 0.341 e. The average Bonchev–Trinajstić information content (AvgIpc) is 2.39. The van der Waals surface area contributed by atoms with Crippen LogP contribution in [-0.2, 0) is 14.8 Å². The monoisotopic (exact) mass is 331 g/mol. The lowest BCUT2D eigenvalue weighted by atomic mass is 9.93. The highest BCUT2D eigenvalue weighted by Crippen LogP contribution is 2.25. The van der Waals surface area contributed by atoms with Crippen LogP contribution in [0.1, 0.15) is 46.5 Å². The molecule has 128 valence electrons. The summed E-state index contributed by atoms with van der Waals surface area (Å²) in [6.07, 6.45) is 2.95. The van der Waals surface area contributed by atoms with Gasteiger partial charge in [0.2, 0.25) is 15.9 Å². The molecular formula is C15H29N3O3S. The molecule has 0 aromatic carbocycles. The zero-order chi connectivity index (χ0) is 16.5. The summed E-state index contributed by atoms with van der Waals surface area (Å²) >= 11 is 0. The number of rotatable bonds is 3. The number of nitrogens with zero attached hydrogens (tertiary/aromatic N) is 2. The molecule has 2 saturated heterocycles. The van der Waals surface area contributed by atoms with Gasteiger partial charge in [-0.15, -0.1) is 0 Å². The molecule has 2 rings (SSSR count). The molecule has 2 heterocycles. The lowest BCUT2D eigenvalue weighted by Gasteiger charge is -2.42. The summed E-state index contributed by atoms with van der Waals surface area (Å²) < 4.78 is 22.9. The molecule has 6 nitrogen and oxygen atoms in total. The number of amides is 1. The van der Waals surface area contributed by atoms with Gasteiger partial charge in [-0.3, -0.25) is 9.69 Å². The number of carbonyl (C=O) groups is 1. The number of hydrogen-bond donors (Lipinski definition) is 1. The Kier molecular flexibility index (Phi) is 5.19. The van der Waals surface area contributed by atoms with Crippen LogP contribution in [0, 0.1) is 5.41 Å². The van der Waals surface area contributed by atoms with Crippen LogP contribution in [-0.4, -0.2) is 61.6 Å². The molecule has 2 aliphatic heterocycles. The maximum absolute atomic E-state index is 12.7. The highest BCUT2D eigenvalue weighted by atomic mass is 32.2. The summed E-state index contributed by atoms with van der Waals surface area (Å²) in [5.41, 5.74) is 0.0954. The van der Waals surface area contributed by atoms with Gasteiger partial charge in [0.25, 0.3) is 0 Å². The molecule has 0 saturated carbocycles. The minimum Gasteiger partial charge on any atom is -0.341 e. The fraction of sp³-hybridized carbons (Fsp3) is 0.933. The number of primary sulfonamides is 1. The Balaban J connectivity index is 1.97. The fourth-order valence-electron chi connectivity index (χ4n) is 3.50. The summed E-state index contributed by atoms with van der Waals surface area (Å²) in [6, 6.07) is -0.0856. The Morgan fingerprint density at radius 1 is 1.14 bits per heavy atom. The normalized spacial score (nSPS) is 26.5. The standard InChI is InChI=1S/C15H29N3O3S/c1-15(2,3)11-18-8-4-5-13(14(18)19)17-9-6-12(7-10-17)22(16,20)21/h12-13H,4-11H2,1-3H3,(H2,16,20,21). The highest BCUT2D eigenvalue weighted by Gasteiger charge is 2.37. The van der Waals surface area contributed by atoms with Crippen molar-refractivity contribution in [3.63, 3.8) is 0 Å². The van der Waals surface area contributed by atoms with Crippen molar-refractivity contribution in [1.82, 2.24) is 9.80 Å². The molecule has 0 bridgehead atoms. The van der Waals surface area contributed by atoms with E-state index in [0.717, 1.165) is 25.9 Å². The minimum absolute atomic E-state index is 0.0856. The maximum Gasteiger partial charge on any atom is 0.239 e. The van der Waals surface area contributed by atoms with Gasteiger partial charge in [-0.05, 0) is 31.1 Å². The molecule has 22 heavy (non-hydrogen) atoms. The van der Waals surface area contributed by atoms with Gasteiger partial charge in [0.15, 0.2) is 0 Å².